The van der Waals surface area contributed by atoms with Gasteiger partial charge in [0, 0.05) is 0 Å². The summed E-state index contributed by atoms with van der Waals surface area (Å²) < 4.78 is 0. The fourth-order valence-corrected chi connectivity index (χ4v) is 7.28. The molecule has 2 saturated carbocycles. The van der Waals surface area contributed by atoms with Crippen LogP contribution in [0.15, 0.2) is 0 Å². The molecular weight excluding hydrogens is 134 g/mol. The van der Waals surface area contributed by atoms with Gasteiger partial charge in [-0.15, -0.1) is 0 Å². The van der Waals surface area contributed by atoms with Crippen molar-refractivity contribution in [3.05, 3.63) is 0 Å². The van der Waals surface area contributed by atoms with E-state index in [1.807, 2.05) is 0 Å². The standard InChI is InChI=1S/C6H14P2/c1-2-5(1)7-8-6-3-4-6/h5-7H,1-4H2,8H3. The molecule has 0 aromatic heterocycles. The maximum absolute atomic E-state index is 1.62. The Kier molecular flexibility index (Phi) is 1.57. The zero-order valence-corrected chi connectivity index (χ0v) is 7.60. The third-order valence-corrected chi connectivity index (χ3v) is 8.92. The Hall–Kier alpha value is 0.860. The van der Waals surface area contributed by atoms with Crippen molar-refractivity contribution in [3.63, 3.8) is 0 Å². The van der Waals surface area contributed by atoms with Crippen molar-refractivity contribution in [2.24, 2.45) is 0 Å². The molecule has 2 heteroatoms. The number of hydrogen-bond acceptors (Lipinski definition) is 0. The van der Waals surface area contributed by atoms with Crippen molar-refractivity contribution in [2.45, 2.75) is 37.0 Å². The van der Waals surface area contributed by atoms with Crippen molar-refractivity contribution in [2.75, 3.05) is 0 Å². The van der Waals surface area contributed by atoms with E-state index in [-0.39, 0.29) is 0 Å². The molecule has 0 bridgehead atoms. The Morgan fingerprint density at radius 1 is 1.12 bits per heavy atom. The summed E-state index contributed by atoms with van der Waals surface area (Å²) in [4.78, 5) is 0. The molecule has 0 N–H and O–H groups in total. The summed E-state index contributed by atoms with van der Waals surface area (Å²) in [7, 11) is 1.98. The number of hydrogen-bond donors (Lipinski definition) is 0. The second-order valence-corrected chi connectivity index (χ2v) is 8.36. The van der Waals surface area contributed by atoms with Gasteiger partial charge in [-0.3, -0.25) is 0 Å². The molecule has 0 radical (unpaired) electrons. The second-order valence-electron chi connectivity index (χ2n) is 3.13. The molecule has 2 rings (SSSR count). The van der Waals surface area contributed by atoms with E-state index >= 15 is 0 Å². The molecule has 0 saturated heterocycles. The summed E-state index contributed by atoms with van der Waals surface area (Å²) >= 11 is 0. The first-order chi connectivity index (χ1) is 3.95. The van der Waals surface area contributed by atoms with Crippen LogP contribution in [0.3, 0.4) is 0 Å². The predicted molar refractivity (Wildman–Crippen MR) is 45.5 cm³/mol. The molecular formula is C6H14P2. The topological polar surface area (TPSA) is 0 Å². The van der Waals surface area contributed by atoms with Gasteiger partial charge in [0.2, 0.25) is 0 Å². The first kappa shape index (κ1) is 5.63. The van der Waals surface area contributed by atoms with Crippen LogP contribution in [0, 0.1) is 0 Å². The molecule has 2 aliphatic carbocycles. The van der Waals surface area contributed by atoms with Crippen molar-refractivity contribution in [3.8, 4) is 0 Å². The SMILES string of the molecule is C1CC1P[PH3]C1CC1. The van der Waals surface area contributed by atoms with E-state index in [4.69, 9.17) is 0 Å². The third kappa shape index (κ3) is 1.67. The number of rotatable bonds is 3. The Morgan fingerprint density at radius 3 is 2.38 bits per heavy atom. The summed E-state index contributed by atoms with van der Waals surface area (Å²) in [6, 6.07) is 0. The van der Waals surface area contributed by atoms with Gasteiger partial charge in [-0.05, 0) is 0 Å². The van der Waals surface area contributed by atoms with Gasteiger partial charge in [0.15, 0.2) is 0 Å². The fraction of sp³-hybridized carbons (Fsp3) is 1.00. The van der Waals surface area contributed by atoms with Crippen LogP contribution in [-0.2, 0) is 0 Å². The van der Waals surface area contributed by atoms with E-state index in [0.29, 0.717) is 8.27 Å². The molecule has 2 aliphatic rings. The van der Waals surface area contributed by atoms with E-state index in [2.05, 4.69) is 0 Å². The molecule has 1 unspecified atom stereocenters. The molecule has 48 valence electrons. The van der Waals surface area contributed by atoms with E-state index in [9.17, 15) is 0 Å². The molecule has 2 fully saturated rings. The minimum atomic E-state index is 0.500. The first-order valence-corrected chi connectivity index (χ1v) is 7.91. The minimum absolute atomic E-state index is 0.500. The van der Waals surface area contributed by atoms with Gasteiger partial charge >= 0.3 is 53.5 Å². The first-order valence-electron chi connectivity index (χ1n) is 3.68. The Morgan fingerprint density at radius 2 is 1.88 bits per heavy atom. The summed E-state index contributed by atoms with van der Waals surface area (Å²) in [5, 5.41) is 0. The van der Waals surface area contributed by atoms with Crippen LogP contribution in [0.25, 0.3) is 0 Å². The van der Waals surface area contributed by atoms with E-state index in [1.165, 1.54) is 19.6 Å². The van der Waals surface area contributed by atoms with Gasteiger partial charge in [0.05, 0.1) is 0 Å². The molecule has 0 heterocycles. The zero-order chi connectivity index (χ0) is 5.40. The molecule has 0 aliphatic heterocycles. The van der Waals surface area contributed by atoms with Crippen LogP contribution in [0.5, 0.6) is 0 Å². The van der Waals surface area contributed by atoms with Gasteiger partial charge in [-0.25, -0.2) is 0 Å². The van der Waals surface area contributed by atoms with Gasteiger partial charge in [0.1, 0.15) is 0 Å². The van der Waals surface area contributed by atoms with Crippen LogP contribution in [0.2, 0.25) is 0 Å². The van der Waals surface area contributed by atoms with Gasteiger partial charge in [0.25, 0.3) is 0 Å². The summed E-state index contributed by atoms with van der Waals surface area (Å²) in [6.45, 7) is 0. The van der Waals surface area contributed by atoms with Gasteiger partial charge < -0.3 is 0 Å². The third-order valence-electron chi connectivity index (χ3n) is 1.97. The van der Waals surface area contributed by atoms with Crippen molar-refractivity contribution in [1.29, 1.82) is 0 Å². The quantitative estimate of drug-likeness (QED) is 0.537. The predicted octanol–water partition coefficient (Wildman–Crippen LogP) is 2.05. The summed E-state index contributed by atoms with van der Waals surface area (Å²) in [6.07, 6.45) is 6.42. The van der Waals surface area contributed by atoms with E-state index < -0.39 is 0 Å². The molecule has 0 amide bonds. The molecule has 0 nitrogen and oxygen atoms in total. The summed E-state index contributed by atoms with van der Waals surface area (Å²) in [5.41, 5.74) is 2.59. The summed E-state index contributed by atoms with van der Waals surface area (Å²) in [5.74, 6) is 0. The Balaban J connectivity index is 1.56. The van der Waals surface area contributed by atoms with Crippen molar-refractivity contribution in [1.82, 2.24) is 0 Å². The fourth-order valence-electron chi connectivity index (χ4n) is 0.943. The van der Waals surface area contributed by atoms with E-state index in [0.717, 1.165) is 0 Å². The Bertz CT molecular complexity index is 72.5. The van der Waals surface area contributed by atoms with Crippen LogP contribution in [-0.4, -0.2) is 11.3 Å². The maximum atomic E-state index is 1.62. The molecule has 0 aromatic carbocycles. The van der Waals surface area contributed by atoms with Crippen LogP contribution < -0.4 is 0 Å². The Labute approximate surface area is 54.3 Å². The van der Waals surface area contributed by atoms with Crippen LogP contribution >= 0.6 is 16.5 Å². The molecule has 0 spiro atoms. The average Bonchev–Trinajstić information content (AvgIpc) is 2.60. The normalized spacial score (nSPS) is 30.5. The molecule has 0 aromatic rings. The monoisotopic (exact) mass is 148 g/mol. The van der Waals surface area contributed by atoms with Crippen LogP contribution in [0.1, 0.15) is 25.7 Å². The average molecular weight is 148 g/mol. The second kappa shape index (κ2) is 2.24. The van der Waals surface area contributed by atoms with Crippen molar-refractivity contribution < 1.29 is 0 Å². The van der Waals surface area contributed by atoms with Gasteiger partial charge in [-0.1, -0.05) is 0 Å². The van der Waals surface area contributed by atoms with Crippen LogP contribution in [0.4, 0.5) is 0 Å². The van der Waals surface area contributed by atoms with E-state index in [1.54, 1.807) is 25.7 Å². The van der Waals surface area contributed by atoms with Gasteiger partial charge in [-0.2, -0.15) is 0 Å². The zero-order valence-electron chi connectivity index (χ0n) is 5.19. The molecule has 8 heavy (non-hydrogen) atoms. The molecule has 1 atom stereocenters. The van der Waals surface area contributed by atoms with Crippen molar-refractivity contribution >= 4 is 16.5 Å².